The van der Waals surface area contributed by atoms with E-state index in [4.69, 9.17) is 10.8 Å². The molecule has 1 aliphatic rings. The first-order valence-electron chi connectivity index (χ1n) is 5.61. The molecule has 0 aromatic carbocycles. The summed E-state index contributed by atoms with van der Waals surface area (Å²) in [5.74, 6) is -0.720. The van der Waals surface area contributed by atoms with Crippen LogP contribution in [0.1, 0.15) is 25.7 Å². The molecule has 0 spiro atoms. The lowest BCUT2D eigenvalue weighted by Gasteiger charge is -2.31. The Hall–Kier alpha value is -0.650. The Labute approximate surface area is 90.4 Å². The summed E-state index contributed by atoms with van der Waals surface area (Å²) in [5.41, 5.74) is 5.44. The van der Waals surface area contributed by atoms with Crippen molar-refractivity contribution in [1.82, 2.24) is 10.6 Å². The fourth-order valence-electron chi connectivity index (χ4n) is 1.83. The van der Waals surface area contributed by atoms with Crippen LogP contribution in [0, 0.1) is 0 Å². The van der Waals surface area contributed by atoms with Crippen LogP contribution in [0.2, 0.25) is 0 Å². The Morgan fingerprint density at radius 3 is 2.33 bits per heavy atom. The van der Waals surface area contributed by atoms with Crippen LogP contribution in [0.4, 0.5) is 0 Å². The number of carboxylic acids is 1. The van der Waals surface area contributed by atoms with E-state index < -0.39 is 5.97 Å². The summed E-state index contributed by atoms with van der Waals surface area (Å²) in [6.07, 6.45) is 3.08. The maximum Gasteiger partial charge on any atom is 0.303 e. The van der Waals surface area contributed by atoms with Gasteiger partial charge in [-0.05, 0) is 25.8 Å². The van der Waals surface area contributed by atoms with Gasteiger partial charge in [0.2, 0.25) is 0 Å². The number of aliphatic carboxylic acids is 1. The molecule has 2 atom stereocenters. The van der Waals surface area contributed by atoms with Crippen molar-refractivity contribution >= 4 is 5.97 Å². The van der Waals surface area contributed by atoms with Crippen molar-refractivity contribution in [2.75, 3.05) is 19.6 Å². The van der Waals surface area contributed by atoms with E-state index in [9.17, 15) is 4.79 Å². The minimum absolute atomic E-state index is 0.243. The molecule has 1 rings (SSSR count). The number of hydrogen-bond donors (Lipinski definition) is 4. The third-order valence-electron chi connectivity index (χ3n) is 2.77. The second kappa shape index (κ2) is 6.76. The van der Waals surface area contributed by atoms with Crippen LogP contribution >= 0.6 is 0 Å². The van der Waals surface area contributed by atoms with Crippen molar-refractivity contribution in [1.29, 1.82) is 0 Å². The van der Waals surface area contributed by atoms with E-state index >= 15 is 0 Å². The first-order valence-corrected chi connectivity index (χ1v) is 5.61. The van der Waals surface area contributed by atoms with E-state index in [1.165, 1.54) is 0 Å². The van der Waals surface area contributed by atoms with Crippen LogP contribution in [0.15, 0.2) is 0 Å². The summed E-state index contributed by atoms with van der Waals surface area (Å²) in [4.78, 5) is 10.4. The molecule has 0 unspecified atom stereocenters. The highest BCUT2D eigenvalue weighted by molar-refractivity contribution is 5.66. The average molecular weight is 215 g/mol. The molecule has 0 radical (unpaired) electrons. The molecule has 0 bridgehead atoms. The molecule has 0 aromatic rings. The zero-order chi connectivity index (χ0) is 11.1. The zero-order valence-corrected chi connectivity index (χ0v) is 9.04. The summed E-state index contributed by atoms with van der Waals surface area (Å²) in [7, 11) is 0. The van der Waals surface area contributed by atoms with Gasteiger partial charge in [-0.15, -0.1) is 0 Å². The highest BCUT2D eigenvalue weighted by atomic mass is 16.4. The second-order valence-electron chi connectivity index (χ2n) is 4.07. The molecule has 0 saturated carbocycles. The van der Waals surface area contributed by atoms with Crippen LogP contribution in [-0.4, -0.2) is 42.8 Å². The van der Waals surface area contributed by atoms with Crippen LogP contribution in [-0.2, 0) is 4.79 Å². The van der Waals surface area contributed by atoms with E-state index in [0.717, 1.165) is 32.5 Å². The number of nitrogens with one attached hydrogen (secondary N) is 2. The maximum absolute atomic E-state index is 10.4. The molecule has 1 aliphatic heterocycles. The maximum atomic E-state index is 10.4. The normalized spacial score (nSPS) is 26.5. The van der Waals surface area contributed by atoms with Crippen LogP contribution in [0.5, 0.6) is 0 Å². The molecule has 15 heavy (non-hydrogen) atoms. The lowest BCUT2D eigenvalue weighted by atomic mass is 10.0. The van der Waals surface area contributed by atoms with Gasteiger partial charge in [0, 0.05) is 31.6 Å². The van der Waals surface area contributed by atoms with Gasteiger partial charge in [0.1, 0.15) is 0 Å². The fraction of sp³-hybridized carbons (Fsp3) is 0.900. The van der Waals surface area contributed by atoms with Crippen LogP contribution < -0.4 is 16.4 Å². The summed E-state index contributed by atoms with van der Waals surface area (Å²) in [5, 5.41) is 15.3. The molecule has 0 aliphatic carbocycles. The van der Waals surface area contributed by atoms with Crippen molar-refractivity contribution in [2.45, 2.75) is 37.8 Å². The van der Waals surface area contributed by atoms with Gasteiger partial charge in [-0.1, -0.05) is 0 Å². The number of nitrogens with two attached hydrogens (primary N) is 1. The van der Waals surface area contributed by atoms with E-state index in [-0.39, 0.29) is 6.42 Å². The molecule has 0 aromatic heterocycles. The van der Waals surface area contributed by atoms with Crippen molar-refractivity contribution in [2.24, 2.45) is 5.73 Å². The summed E-state index contributed by atoms with van der Waals surface area (Å²) in [6.45, 7) is 2.52. The van der Waals surface area contributed by atoms with Gasteiger partial charge in [0.15, 0.2) is 0 Å². The smallest absolute Gasteiger partial charge is 0.303 e. The number of carbonyl (C=O) groups is 1. The lowest BCUT2D eigenvalue weighted by Crippen LogP contribution is -2.54. The SMILES string of the molecule is NCCC[C@H]1CN[C@H](CCC(=O)O)CN1. The number of rotatable bonds is 6. The summed E-state index contributed by atoms with van der Waals surface area (Å²) in [6, 6.07) is 0.796. The minimum atomic E-state index is -0.720. The Kier molecular flexibility index (Phi) is 5.60. The number of hydrogen-bond acceptors (Lipinski definition) is 4. The van der Waals surface area contributed by atoms with E-state index in [0.29, 0.717) is 18.5 Å². The monoisotopic (exact) mass is 215 g/mol. The van der Waals surface area contributed by atoms with Gasteiger partial charge in [-0.3, -0.25) is 4.79 Å². The molecule has 1 saturated heterocycles. The molecule has 5 N–H and O–H groups in total. The van der Waals surface area contributed by atoms with Gasteiger partial charge in [0.05, 0.1) is 0 Å². The van der Waals surface area contributed by atoms with Crippen molar-refractivity contribution in [3.8, 4) is 0 Å². The molecule has 88 valence electrons. The lowest BCUT2D eigenvalue weighted by molar-refractivity contribution is -0.137. The largest absolute Gasteiger partial charge is 0.481 e. The first kappa shape index (κ1) is 12.4. The van der Waals surface area contributed by atoms with Gasteiger partial charge in [-0.2, -0.15) is 0 Å². The fourth-order valence-corrected chi connectivity index (χ4v) is 1.83. The number of carboxylic acid groups (broad SMARTS) is 1. The van der Waals surface area contributed by atoms with Gasteiger partial charge < -0.3 is 21.5 Å². The van der Waals surface area contributed by atoms with Crippen molar-refractivity contribution < 1.29 is 9.90 Å². The predicted molar refractivity (Wildman–Crippen MR) is 58.7 cm³/mol. The molecule has 0 amide bonds. The van der Waals surface area contributed by atoms with Gasteiger partial charge in [0.25, 0.3) is 0 Å². The minimum Gasteiger partial charge on any atom is -0.481 e. The average Bonchev–Trinajstić information content (AvgIpc) is 2.25. The molecular formula is C10H21N3O2. The molecule has 1 fully saturated rings. The van der Waals surface area contributed by atoms with Crippen LogP contribution in [0.25, 0.3) is 0 Å². The van der Waals surface area contributed by atoms with E-state index in [1.54, 1.807) is 0 Å². The Morgan fingerprint density at radius 1 is 1.27 bits per heavy atom. The van der Waals surface area contributed by atoms with Crippen molar-refractivity contribution in [3.63, 3.8) is 0 Å². The Bertz CT molecular complexity index is 191. The molecular weight excluding hydrogens is 194 g/mol. The highest BCUT2D eigenvalue weighted by Gasteiger charge is 2.19. The molecule has 5 heteroatoms. The second-order valence-corrected chi connectivity index (χ2v) is 4.07. The molecule has 5 nitrogen and oxygen atoms in total. The zero-order valence-electron chi connectivity index (χ0n) is 9.04. The van der Waals surface area contributed by atoms with Crippen LogP contribution in [0.3, 0.4) is 0 Å². The Morgan fingerprint density at radius 2 is 1.87 bits per heavy atom. The van der Waals surface area contributed by atoms with Gasteiger partial charge >= 0.3 is 5.97 Å². The molecule has 1 heterocycles. The quantitative estimate of drug-likeness (QED) is 0.481. The third kappa shape index (κ3) is 5.11. The van der Waals surface area contributed by atoms with Gasteiger partial charge in [-0.25, -0.2) is 0 Å². The first-order chi connectivity index (χ1) is 7.22. The van der Waals surface area contributed by atoms with E-state index in [1.807, 2.05) is 0 Å². The summed E-state index contributed by atoms with van der Waals surface area (Å²) < 4.78 is 0. The van der Waals surface area contributed by atoms with E-state index in [2.05, 4.69) is 10.6 Å². The third-order valence-corrected chi connectivity index (χ3v) is 2.77. The number of piperazine rings is 1. The Balaban J connectivity index is 2.09. The highest BCUT2D eigenvalue weighted by Crippen LogP contribution is 2.04. The van der Waals surface area contributed by atoms with Crippen molar-refractivity contribution in [3.05, 3.63) is 0 Å². The summed E-state index contributed by atoms with van der Waals surface area (Å²) >= 11 is 0. The predicted octanol–water partition coefficient (Wildman–Crippen LogP) is -0.480. The topological polar surface area (TPSA) is 87.4 Å². The standard InChI is InChI=1S/C10H21N3O2/c11-5-1-2-8-6-13-9(7-12-8)3-4-10(14)15/h8-9,12-13H,1-7,11H2,(H,14,15)/t8-,9+/m0/s1.